The maximum atomic E-state index is 10.5. The molecular weight excluding hydrogens is 172 g/mol. The molecule has 1 unspecified atom stereocenters. The van der Waals surface area contributed by atoms with Gasteiger partial charge in [0.15, 0.2) is 0 Å². The van der Waals surface area contributed by atoms with Gasteiger partial charge in [0.25, 0.3) is 0 Å². The van der Waals surface area contributed by atoms with E-state index in [-0.39, 0.29) is 31.8 Å². The van der Waals surface area contributed by atoms with Gasteiger partial charge in [-0.25, -0.2) is 0 Å². The molecule has 0 aromatic carbocycles. The molecule has 0 aromatic rings. The third-order valence-corrected chi connectivity index (χ3v) is 1.87. The van der Waals surface area contributed by atoms with Crippen molar-refractivity contribution in [2.75, 3.05) is 0 Å². The normalized spacial score (nSPS) is 20.1. The summed E-state index contributed by atoms with van der Waals surface area (Å²) < 4.78 is 0. The maximum Gasteiger partial charge on any atom is 2.00 e. The van der Waals surface area contributed by atoms with Crippen LogP contribution in [-0.2, 0) is 4.79 Å². The number of allylic oxidation sites excluding steroid dienone is 6. The van der Waals surface area contributed by atoms with E-state index in [2.05, 4.69) is 13.0 Å². The number of hydrogen-bond acceptors (Lipinski definition) is 1. The van der Waals surface area contributed by atoms with Crippen LogP contribution in [0.5, 0.6) is 0 Å². The average Bonchev–Trinajstić information content (AvgIpc) is 2.31. The van der Waals surface area contributed by atoms with Gasteiger partial charge in [0, 0.05) is 0 Å². The Morgan fingerprint density at radius 1 is 1.54 bits per heavy atom. The fourth-order valence-corrected chi connectivity index (χ4v) is 1.21. The van der Waals surface area contributed by atoms with Crippen LogP contribution in [0.3, 0.4) is 0 Å². The van der Waals surface area contributed by atoms with Crippen molar-refractivity contribution in [3.8, 4) is 0 Å². The van der Waals surface area contributed by atoms with Crippen LogP contribution < -0.4 is 0 Å². The van der Waals surface area contributed by atoms with Gasteiger partial charge in [-0.15, -0.1) is 0 Å². The Labute approximate surface area is 98.7 Å². The van der Waals surface area contributed by atoms with E-state index < -0.39 is 0 Å². The van der Waals surface area contributed by atoms with Crippen molar-refractivity contribution < 1.29 is 7.65 Å². The van der Waals surface area contributed by atoms with Crippen molar-refractivity contribution in [2.24, 2.45) is 5.92 Å². The van der Waals surface area contributed by atoms with Gasteiger partial charge in [-0.2, -0.15) is 0 Å². The summed E-state index contributed by atoms with van der Waals surface area (Å²) in [6.07, 6.45) is 13.1. The summed E-state index contributed by atoms with van der Waals surface area (Å²) in [6.45, 7) is 2.15. The first kappa shape index (κ1) is 12.7. The summed E-state index contributed by atoms with van der Waals surface area (Å²) in [5, 5.41) is 0. The number of rotatable bonds is 3. The predicted octanol–water partition coefficient (Wildman–Crippen LogP) is 2.50. The topological polar surface area (TPSA) is 17.1 Å². The van der Waals surface area contributed by atoms with E-state index in [0.29, 0.717) is 0 Å². The molecule has 1 nitrogen and oxygen atoms in total. The molecule has 1 aliphatic carbocycles. The van der Waals surface area contributed by atoms with Gasteiger partial charge in [-0.3, -0.25) is 0 Å². The second kappa shape index (κ2) is 7.10. The zero-order valence-corrected chi connectivity index (χ0v) is 9.49. The van der Waals surface area contributed by atoms with E-state index in [1.54, 1.807) is 0 Å². The second-order valence-corrected chi connectivity index (χ2v) is 2.95. The van der Waals surface area contributed by atoms with E-state index >= 15 is 0 Å². The number of carbonyl (C=O) groups excluding carboxylic acids is 1. The minimum atomic E-state index is -0.0318. The third kappa shape index (κ3) is 4.43. The van der Waals surface area contributed by atoms with Crippen LogP contribution in [0.4, 0.5) is 0 Å². The average molecular weight is 189 g/mol. The largest absolute Gasteiger partial charge is 2.00 e. The SMILES string of the molecule is CCCC1=CC=CC(C=O)C=C1.[H-].[H-].[Mg+2]. The molecule has 1 aliphatic rings. The van der Waals surface area contributed by atoms with Crippen LogP contribution in [0.1, 0.15) is 22.6 Å². The minimum Gasteiger partial charge on any atom is -1.00 e. The molecule has 13 heavy (non-hydrogen) atoms. The standard InChI is InChI=1S/C11H14O.Mg.2H/c1-2-4-10-5-3-6-11(9-12)8-7-10;;;/h3,5-9,11H,2,4H2,1H3;;;/q;+2;2*-1. The Balaban J connectivity index is -0.000000480. The summed E-state index contributed by atoms with van der Waals surface area (Å²) in [5.74, 6) is -0.0318. The van der Waals surface area contributed by atoms with E-state index in [4.69, 9.17) is 0 Å². The van der Waals surface area contributed by atoms with Crippen molar-refractivity contribution in [3.63, 3.8) is 0 Å². The minimum absolute atomic E-state index is 0. The van der Waals surface area contributed by atoms with Gasteiger partial charge in [0.05, 0.1) is 5.92 Å². The fourth-order valence-electron chi connectivity index (χ4n) is 1.21. The molecule has 1 rings (SSSR count). The monoisotopic (exact) mass is 188 g/mol. The summed E-state index contributed by atoms with van der Waals surface area (Å²) in [7, 11) is 0. The molecule has 0 bridgehead atoms. The molecule has 0 spiro atoms. The second-order valence-electron chi connectivity index (χ2n) is 2.95. The Morgan fingerprint density at radius 3 is 2.92 bits per heavy atom. The van der Waals surface area contributed by atoms with E-state index in [1.807, 2.05) is 24.3 Å². The molecule has 2 heteroatoms. The van der Waals surface area contributed by atoms with E-state index in [9.17, 15) is 4.79 Å². The van der Waals surface area contributed by atoms with E-state index in [1.165, 1.54) is 5.57 Å². The molecule has 0 amide bonds. The molecule has 0 saturated carbocycles. The van der Waals surface area contributed by atoms with Crippen LogP contribution >= 0.6 is 0 Å². The molecule has 0 radical (unpaired) electrons. The Morgan fingerprint density at radius 2 is 2.31 bits per heavy atom. The van der Waals surface area contributed by atoms with E-state index in [0.717, 1.165) is 19.1 Å². The van der Waals surface area contributed by atoms with Crippen LogP contribution in [0.2, 0.25) is 0 Å². The number of carbonyl (C=O) groups is 1. The zero-order valence-electron chi connectivity index (χ0n) is 10.1. The summed E-state index contributed by atoms with van der Waals surface area (Å²) >= 11 is 0. The van der Waals surface area contributed by atoms with Crippen molar-refractivity contribution in [1.29, 1.82) is 0 Å². The molecule has 0 aliphatic heterocycles. The van der Waals surface area contributed by atoms with Crippen LogP contribution in [0.25, 0.3) is 0 Å². The van der Waals surface area contributed by atoms with Gasteiger partial charge in [-0.05, 0) is 12.0 Å². The van der Waals surface area contributed by atoms with Crippen molar-refractivity contribution in [3.05, 3.63) is 36.0 Å². The quantitative estimate of drug-likeness (QED) is 0.491. The van der Waals surface area contributed by atoms with Crippen LogP contribution in [0, 0.1) is 5.92 Å². The Kier molecular flexibility index (Phi) is 6.91. The van der Waals surface area contributed by atoms with Crippen LogP contribution in [-0.4, -0.2) is 29.3 Å². The van der Waals surface area contributed by atoms with Crippen molar-refractivity contribution in [1.82, 2.24) is 0 Å². The van der Waals surface area contributed by atoms with Gasteiger partial charge in [0.1, 0.15) is 6.29 Å². The van der Waals surface area contributed by atoms with Gasteiger partial charge in [-0.1, -0.05) is 43.7 Å². The molecule has 1 atom stereocenters. The zero-order chi connectivity index (χ0) is 8.81. The maximum absolute atomic E-state index is 10.5. The van der Waals surface area contributed by atoms with Crippen molar-refractivity contribution >= 4 is 29.3 Å². The first-order valence-electron chi connectivity index (χ1n) is 4.37. The smallest absolute Gasteiger partial charge is 1.00 e. The molecule has 0 fully saturated rings. The van der Waals surface area contributed by atoms with Gasteiger partial charge >= 0.3 is 23.1 Å². The summed E-state index contributed by atoms with van der Waals surface area (Å²) in [5.41, 5.74) is 1.30. The Hall–Kier alpha value is -0.344. The molecular formula is C11H16MgO. The summed E-state index contributed by atoms with van der Waals surface area (Å²) in [6, 6.07) is 0. The predicted molar refractivity (Wildman–Crippen MR) is 58.8 cm³/mol. The van der Waals surface area contributed by atoms with Crippen molar-refractivity contribution in [2.45, 2.75) is 19.8 Å². The molecule has 68 valence electrons. The number of hydrogen-bond donors (Lipinski definition) is 0. The summed E-state index contributed by atoms with van der Waals surface area (Å²) in [4.78, 5) is 10.5. The third-order valence-electron chi connectivity index (χ3n) is 1.87. The molecule has 0 N–H and O–H groups in total. The number of aldehydes is 1. The van der Waals surface area contributed by atoms with Gasteiger partial charge < -0.3 is 7.65 Å². The first-order chi connectivity index (χ1) is 5.86. The molecule has 0 saturated heterocycles. The molecule has 0 aromatic heterocycles. The van der Waals surface area contributed by atoms with Crippen LogP contribution in [0.15, 0.2) is 36.0 Å². The molecule has 0 heterocycles. The first-order valence-corrected chi connectivity index (χ1v) is 4.37. The van der Waals surface area contributed by atoms with Gasteiger partial charge in [0.2, 0.25) is 0 Å². The fraction of sp³-hybridized carbons (Fsp3) is 0.364. The Bertz CT molecular complexity index is 247.